The molecule has 1 amide bonds. The van der Waals surface area contributed by atoms with Gasteiger partial charge in [0.25, 0.3) is 15.9 Å². The summed E-state index contributed by atoms with van der Waals surface area (Å²) in [5.74, 6) is -0.471. The van der Waals surface area contributed by atoms with E-state index in [4.69, 9.17) is 0 Å². The van der Waals surface area contributed by atoms with Crippen molar-refractivity contribution in [3.63, 3.8) is 0 Å². The number of para-hydroxylation sites is 1. The predicted molar refractivity (Wildman–Crippen MR) is 114 cm³/mol. The number of hydrogen-bond acceptors (Lipinski definition) is 5. The first-order chi connectivity index (χ1) is 14.5. The van der Waals surface area contributed by atoms with E-state index in [-0.39, 0.29) is 16.3 Å². The number of pyridine rings is 1. The number of carbonyl (C=O) groups is 1. The number of hydrogen-bond donors (Lipinski definition) is 3. The molecule has 0 radical (unpaired) electrons. The van der Waals surface area contributed by atoms with Crippen molar-refractivity contribution < 1.29 is 13.2 Å². The third-order valence-electron chi connectivity index (χ3n) is 4.53. The Kier molecular flexibility index (Phi) is 5.44. The van der Waals surface area contributed by atoms with E-state index in [1.54, 1.807) is 24.3 Å². The highest BCUT2D eigenvalue weighted by molar-refractivity contribution is 7.93. The molecule has 0 aliphatic heterocycles. The molecule has 30 heavy (non-hydrogen) atoms. The molecule has 152 valence electrons. The monoisotopic (exact) mass is 421 g/mol. The summed E-state index contributed by atoms with van der Waals surface area (Å²) < 4.78 is 28.4. The van der Waals surface area contributed by atoms with Crippen LogP contribution in [-0.2, 0) is 16.4 Å². The van der Waals surface area contributed by atoms with E-state index in [2.05, 4.69) is 25.2 Å². The number of carbonyl (C=O) groups excluding carboxylic acids is 1. The van der Waals surface area contributed by atoms with Crippen LogP contribution in [0, 0.1) is 0 Å². The van der Waals surface area contributed by atoms with Crippen molar-refractivity contribution in [1.82, 2.24) is 20.5 Å². The SMILES string of the molecule is O=C(NCCc1ccccc1)c1n[nH]cc1NS(=O)(=O)c1cccc2cccnc12. The second-order valence-electron chi connectivity index (χ2n) is 6.58. The molecule has 9 heteroatoms. The zero-order valence-electron chi connectivity index (χ0n) is 15.9. The Morgan fingerprint density at radius 2 is 1.80 bits per heavy atom. The first-order valence-electron chi connectivity index (χ1n) is 9.27. The lowest BCUT2D eigenvalue weighted by Gasteiger charge is -2.10. The van der Waals surface area contributed by atoms with Crippen molar-refractivity contribution in [2.24, 2.45) is 0 Å². The van der Waals surface area contributed by atoms with Crippen LogP contribution in [0.3, 0.4) is 0 Å². The number of nitrogens with zero attached hydrogens (tertiary/aromatic N) is 2. The van der Waals surface area contributed by atoms with Gasteiger partial charge in [0.1, 0.15) is 4.90 Å². The Hall–Kier alpha value is -3.72. The van der Waals surface area contributed by atoms with Gasteiger partial charge >= 0.3 is 0 Å². The molecule has 0 aliphatic rings. The summed E-state index contributed by atoms with van der Waals surface area (Å²) in [6.45, 7) is 0.398. The molecule has 4 rings (SSSR count). The number of amides is 1. The van der Waals surface area contributed by atoms with Gasteiger partial charge < -0.3 is 5.32 Å². The van der Waals surface area contributed by atoms with Gasteiger partial charge in [0.05, 0.1) is 11.2 Å². The van der Waals surface area contributed by atoms with Crippen LogP contribution >= 0.6 is 0 Å². The Morgan fingerprint density at radius 1 is 1.00 bits per heavy atom. The van der Waals surface area contributed by atoms with Crippen molar-refractivity contribution >= 4 is 32.5 Å². The standard InChI is InChI=1S/C21H19N5O3S/c27-21(23-13-11-15-6-2-1-3-7-15)20-17(14-24-25-20)26-30(28,29)18-10-4-8-16-9-5-12-22-19(16)18/h1-10,12,14,26H,11,13H2,(H,23,27)(H,24,25). The van der Waals surface area contributed by atoms with Crippen LogP contribution in [0.4, 0.5) is 5.69 Å². The first-order valence-corrected chi connectivity index (χ1v) is 10.8. The number of anilines is 1. The minimum atomic E-state index is -3.98. The van der Waals surface area contributed by atoms with Crippen LogP contribution in [0.25, 0.3) is 10.9 Å². The van der Waals surface area contributed by atoms with Crippen molar-refractivity contribution in [2.45, 2.75) is 11.3 Å². The number of aromatic amines is 1. The fourth-order valence-electron chi connectivity index (χ4n) is 3.08. The van der Waals surface area contributed by atoms with Gasteiger partial charge in [0.15, 0.2) is 5.69 Å². The average molecular weight is 421 g/mol. The number of aromatic nitrogens is 3. The highest BCUT2D eigenvalue weighted by Crippen LogP contribution is 2.24. The summed E-state index contributed by atoms with van der Waals surface area (Å²) in [4.78, 5) is 16.7. The Labute approximate surface area is 173 Å². The van der Waals surface area contributed by atoms with Gasteiger partial charge in [-0.2, -0.15) is 5.10 Å². The molecule has 2 heterocycles. The number of rotatable bonds is 7. The lowest BCUT2D eigenvalue weighted by atomic mass is 10.1. The molecule has 2 aromatic heterocycles. The summed E-state index contributed by atoms with van der Waals surface area (Å²) >= 11 is 0. The Morgan fingerprint density at radius 3 is 2.63 bits per heavy atom. The molecule has 0 atom stereocenters. The van der Waals surface area contributed by atoms with E-state index < -0.39 is 15.9 Å². The number of nitrogens with one attached hydrogen (secondary N) is 3. The van der Waals surface area contributed by atoms with Gasteiger partial charge in [-0.15, -0.1) is 0 Å². The van der Waals surface area contributed by atoms with Crippen molar-refractivity contribution in [2.75, 3.05) is 11.3 Å². The summed E-state index contributed by atoms with van der Waals surface area (Å²) in [5.41, 5.74) is 1.48. The molecule has 0 aliphatic carbocycles. The van der Waals surface area contributed by atoms with Gasteiger partial charge in [-0.25, -0.2) is 8.42 Å². The van der Waals surface area contributed by atoms with Crippen LogP contribution in [0.15, 0.2) is 78.0 Å². The van der Waals surface area contributed by atoms with E-state index in [0.717, 1.165) is 5.56 Å². The molecule has 3 N–H and O–H groups in total. The third kappa shape index (κ3) is 4.15. The van der Waals surface area contributed by atoms with E-state index in [1.165, 1.54) is 18.5 Å². The second kappa shape index (κ2) is 8.34. The fraction of sp³-hybridized carbons (Fsp3) is 0.0952. The highest BCUT2D eigenvalue weighted by atomic mass is 32.2. The molecule has 8 nitrogen and oxygen atoms in total. The maximum Gasteiger partial charge on any atom is 0.273 e. The summed E-state index contributed by atoms with van der Waals surface area (Å²) in [5, 5.41) is 9.91. The molecular weight excluding hydrogens is 402 g/mol. The van der Waals surface area contributed by atoms with Gasteiger partial charge in [-0.1, -0.05) is 48.5 Å². The molecule has 0 spiro atoms. The number of sulfonamides is 1. The highest BCUT2D eigenvalue weighted by Gasteiger charge is 2.23. The van der Waals surface area contributed by atoms with Crippen LogP contribution in [0.1, 0.15) is 16.1 Å². The molecule has 0 saturated heterocycles. The van der Waals surface area contributed by atoms with Crippen LogP contribution in [-0.4, -0.2) is 36.1 Å². The summed E-state index contributed by atoms with van der Waals surface area (Å²) in [6, 6.07) is 18.1. The number of H-pyrrole nitrogens is 1. The van der Waals surface area contributed by atoms with Crippen molar-refractivity contribution in [3.05, 3.63) is 84.3 Å². The van der Waals surface area contributed by atoms with Crippen LogP contribution in [0.5, 0.6) is 0 Å². The van der Waals surface area contributed by atoms with E-state index in [1.807, 2.05) is 30.3 Å². The normalized spacial score (nSPS) is 11.3. The quantitative estimate of drug-likeness (QED) is 0.424. The van der Waals surface area contributed by atoms with Gasteiger partial charge in [0, 0.05) is 24.3 Å². The van der Waals surface area contributed by atoms with Gasteiger partial charge in [-0.3, -0.25) is 19.6 Å². The fourth-order valence-corrected chi connectivity index (χ4v) is 4.32. The van der Waals surface area contributed by atoms with E-state index in [9.17, 15) is 13.2 Å². The smallest absolute Gasteiger partial charge is 0.273 e. The Bertz CT molecular complexity index is 1280. The van der Waals surface area contributed by atoms with Crippen LogP contribution < -0.4 is 10.0 Å². The molecule has 0 unspecified atom stereocenters. The van der Waals surface area contributed by atoms with Crippen molar-refractivity contribution in [1.29, 1.82) is 0 Å². The number of benzene rings is 2. The molecule has 2 aromatic carbocycles. The predicted octanol–water partition coefficient (Wildman–Crippen LogP) is 2.73. The Balaban J connectivity index is 1.50. The average Bonchev–Trinajstić information content (AvgIpc) is 3.21. The lowest BCUT2D eigenvalue weighted by Crippen LogP contribution is -2.27. The number of fused-ring (bicyclic) bond motifs is 1. The third-order valence-corrected chi connectivity index (χ3v) is 5.92. The minimum absolute atomic E-state index is 0.0252. The summed E-state index contributed by atoms with van der Waals surface area (Å²) in [6.07, 6.45) is 3.52. The zero-order chi connectivity index (χ0) is 21.0. The second-order valence-corrected chi connectivity index (χ2v) is 8.23. The minimum Gasteiger partial charge on any atom is -0.350 e. The molecule has 0 fully saturated rings. The maximum absolute atomic E-state index is 13.0. The van der Waals surface area contributed by atoms with Gasteiger partial charge in [-0.05, 0) is 24.1 Å². The van der Waals surface area contributed by atoms with E-state index >= 15 is 0 Å². The maximum atomic E-state index is 13.0. The molecule has 0 saturated carbocycles. The summed E-state index contributed by atoms with van der Waals surface area (Å²) in [7, 11) is -3.98. The topological polar surface area (TPSA) is 117 Å². The van der Waals surface area contributed by atoms with Gasteiger partial charge in [0.2, 0.25) is 0 Å². The molecular formula is C21H19N5O3S. The first kappa shape index (κ1) is 19.6. The van der Waals surface area contributed by atoms with Crippen LogP contribution in [0.2, 0.25) is 0 Å². The zero-order valence-corrected chi connectivity index (χ0v) is 16.7. The van der Waals surface area contributed by atoms with Crippen molar-refractivity contribution in [3.8, 4) is 0 Å². The lowest BCUT2D eigenvalue weighted by molar-refractivity contribution is 0.0950. The van der Waals surface area contributed by atoms with E-state index in [0.29, 0.717) is 23.9 Å². The molecule has 4 aromatic rings. The molecule has 0 bridgehead atoms. The largest absolute Gasteiger partial charge is 0.350 e.